The van der Waals surface area contributed by atoms with Gasteiger partial charge in [0.15, 0.2) is 0 Å². The van der Waals surface area contributed by atoms with Crippen molar-refractivity contribution < 1.29 is 13.5 Å². The maximum Gasteiger partial charge on any atom is 0.242 e. The summed E-state index contributed by atoms with van der Waals surface area (Å²) in [6.07, 6.45) is 0.487. The van der Waals surface area contributed by atoms with E-state index in [0.717, 1.165) is 0 Å². The maximum absolute atomic E-state index is 12.2. The summed E-state index contributed by atoms with van der Waals surface area (Å²) in [6, 6.07) is 4.24. The number of aliphatic hydroxyl groups is 1. The molecule has 0 aliphatic carbocycles. The Labute approximate surface area is 125 Å². The first-order valence-corrected chi connectivity index (χ1v) is 8.17. The summed E-state index contributed by atoms with van der Waals surface area (Å²) in [4.78, 5) is -0.0784. The lowest BCUT2D eigenvalue weighted by Gasteiger charge is -2.25. The van der Waals surface area contributed by atoms with Gasteiger partial charge in [-0.2, -0.15) is 0 Å². The molecule has 0 spiro atoms. The minimum Gasteiger partial charge on any atom is -0.398 e. The molecule has 0 amide bonds. The fraction of sp³-hybridized carbons (Fsp3) is 0.538. The van der Waals surface area contributed by atoms with E-state index in [1.54, 1.807) is 6.92 Å². The van der Waals surface area contributed by atoms with E-state index in [1.807, 2.05) is 13.8 Å². The predicted octanol–water partition coefficient (Wildman–Crippen LogP) is 2.00. The molecule has 20 heavy (non-hydrogen) atoms. The molecule has 0 saturated carbocycles. The third-order valence-electron chi connectivity index (χ3n) is 2.76. The monoisotopic (exact) mass is 320 g/mol. The molecule has 1 rings (SSSR count). The van der Waals surface area contributed by atoms with Crippen molar-refractivity contribution >= 4 is 27.3 Å². The van der Waals surface area contributed by atoms with E-state index < -0.39 is 15.6 Å². The Morgan fingerprint density at radius 1 is 1.45 bits per heavy atom. The summed E-state index contributed by atoms with van der Waals surface area (Å²) in [5.41, 5.74) is 4.65. The Morgan fingerprint density at radius 3 is 2.60 bits per heavy atom. The van der Waals surface area contributed by atoms with Gasteiger partial charge in [0, 0.05) is 11.6 Å². The van der Waals surface area contributed by atoms with Gasteiger partial charge in [-0.25, -0.2) is 13.1 Å². The summed E-state index contributed by atoms with van der Waals surface area (Å²) in [7, 11) is -3.80. The van der Waals surface area contributed by atoms with Crippen LogP contribution in [0.15, 0.2) is 23.1 Å². The van der Waals surface area contributed by atoms with Crippen molar-refractivity contribution in [2.45, 2.75) is 37.7 Å². The van der Waals surface area contributed by atoms with Crippen LogP contribution in [0, 0.1) is 5.92 Å². The van der Waals surface area contributed by atoms with E-state index in [-0.39, 0.29) is 28.1 Å². The first-order chi connectivity index (χ1) is 9.03. The Kier molecular flexibility index (Phi) is 5.43. The number of benzene rings is 1. The van der Waals surface area contributed by atoms with Crippen LogP contribution in [0.2, 0.25) is 5.02 Å². The average Bonchev–Trinajstić information content (AvgIpc) is 2.28. The van der Waals surface area contributed by atoms with Crippen molar-refractivity contribution in [3.63, 3.8) is 0 Å². The standard InChI is InChI=1S/C13H21ClN2O3S/c1-9(2)7-13(3,17)8-16-20(18,19)12-6-10(14)4-5-11(12)15/h4-6,9,16-17H,7-8,15H2,1-3H3. The van der Waals surface area contributed by atoms with Gasteiger partial charge in [0.1, 0.15) is 4.90 Å². The SMILES string of the molecule is CC(C)CC(C)(O)CNS(=O)(=O)c1cc(Cl)ccc1N. The number of sulfonamides is 1. The Bertz CT molecular complexity index is 571. The molecule has 0 fully saturated rings. The number of nitrogens with two attached hydrogens (primary N) is 1. The zero-order valence-electron chi connectivity index (χ0n) is 11.9. The number of halogens is 1. The normalized spacial score (nSPS) is 15.3. The molecule has 0 heterocycles. The molecule has 0 aliphatic heterocycles. The van der Waals surface area contributed by atoms with Gasteiger partial charge < -0.3 is 10.8 Å². The van der Waals surface area contributed by atoms with Crippen LogP contribution in [0.1, 0.15) is 27.2 Å². The van der Waals surface area contributed by atoms with E-state index in [0.29, 0.717) is 6.42 Å². The molecule has 0 radical (unpaired) electrons. The molecular formula is C13H21ClN2O3S. The van der Waals surface area contributed by atoms with Gasteiger partial charge in [-0.15, -0.1) is 0 Å². The van der Waals surface area contributed by atoms with Gasteiger partial charge in [-0.05, 0) is 37.5 Å². The smallest absolute Gasteiger partial charge is 0.242 e. The van der Waals surface area contributed by atoms with Gasteiger partial charge >= 0.3 is 0 Å². The highest BCUT2D eigenvalue weighted by Crippen LogP contribution is 2.23. The van der Waals surface area contributed by atoms with Gasteiger partial charge in [0.25, 0.3) is 0 Å². The number of nitrogen functional groups attached to an aromatic ring is 1. The van der Waals surface area contributed by atoms with E-state index in [2.05, 4.69) is 4.72 Å². The van der Waals surface area contributed by atoms with Crippen molar-refractivity contribution in [3.8, 4) is 0 Å². The lowest BCUT2D eigenvalue weighted by molar-refractivity contribution is 0.0437. The molecule has 1 aromatic rings. The molecule has 1 atom stereocenters. The Morgan fingerprint density at radius 2 is 2.05 bits per heavy atom. The molecule has 1 aromatic carbocycles. The Balaban J connectivity index is 2.88. The van der Waals surface area contributed by atoms with Gasteiger partial charge in [-0.3, -0.25) is 0 Å². The molecule has 0 bridgehead atoms. The van der Waals surface area contributed by atoms with Crippen LogP contribution in [-0.2, 0) is 10.0 Å². The molecule has 0 aliphatic rings. The van der Waals surface area contributed by atoms with Crippen LogP contribution in [0.25, 0.3) is 0 Å². The minimum atomic E-state index is -3.80. The summed E-state index contributed by atoms with van der Waals surface area (Å²) in [5, 5.41) is 10.4. The highest BCUT2D eigenvalue weighted by molar-refractivity contribution is 7.89. The van der Waals surface area contributed by atoms with Crippen molar-refractivity contribution in [3.05, 3.63) is 23.2 Å². The van der Waals surface area contributed by atoms with Crippen molar-refractivity contribution in [2.75, 3.05) is 12.3 Å². The zero-order valence-corrected chi connectivity index (χ0v) is 13.4. The minimum absolute atomic E-state index is 0.0784. The predicted molar refractivity (Wildman–Crippen MR) is 81.1 cm³/mol. The molecule has 0 saturated heterocycles. The van der Waals surface area contributed by atoms with Gasteiger partial charge in [-0.1, -0.05) is 25.4 Å². The van der Waals surface area contributed by atoms with E-state index in [4.69, 9.17) is 17.3 Å². The highest BCUT2D eigenvalue weighted by Gasteiger charge is 2.26. The van der Waals surface area contributed by atoms with Crippen LogP contribution < -0.4 is 10.5 Å². The second kappa shape index (κ2) is 6.30. The van der Waals surface area contributed by atoms with Crippen LogP contribution in [0.3, 0.4) is 0 Å². The summed E-state index contributed by atoms with van der Waals surface area (Å²) < 4.78 is 26.7. The van der Waals surface area contributed by atoms with Gasteiger partial charge in [0.2, 0.25) is 10.0 Å². The maximum atomic E-state index is 12.2. The lowest BCUT2D eigenvalue weighted by atomic mass is 9.95. The zero-order chi connectivity index (χ0) is 15.6. The summed E-state index contributed by atoms with van der Waals surface area (Å²) in [5.74, 6) is 0.255. The highest BCUT2D eigenvalue weighted by atomic mass is 35.5. The van der Waals surface area contributed by atoms with E-state index >= 15 is 0 Å². The largest absolute Gasteiger partial charge is 0.398 e. The third kappa shape index (κ3) is 4.94. The van der Waals surface area contributed by atoms with Gasteiger partial charge in [0.05, 0.1) is 11.3 Å². The first kappa shape index (κ1) is 17.2. The molecular weight excluding hydrogens is 300 g/mol. The number of hydrogen-bond acceptors (Lipinski definition) is 4. The number of rotatable bonds is 6. The van der Waals surface area contributed by atoms with Crippen LogP contribution in [0.5, 0.6) is 0 Å². The van der Waals surface area contributed by atoms with Crippen LogP contribution in [0.4, 0.5) is 5.69 Å². The third-order valence-corrected chi connectivity index (χ3v) is 4.45. The summed E-state index contributed by atoms with van der Waals surface area (Å²) in [6.45, 7) is 5.42. The average molecular weight is 321 g/mol. The van der Waals surface area contributed by atoms with Crippen LogP contribution in [-0.4, -0.2) is 25.7 Å². The summed E-state index contributed by atoms with van der Waals surface area (Å²) >= 11 is 5.78. The Hall–Kier alpha value is -0.820. The molecule has 5 nitrogen and oxygen atoms in total. The van der Waals surface area contributed by atoms with Crippen molar-refractivity contribution in [2.24, 2.45) is 5.92 Å². The molecule has 1 unspecified atom stereocenters. The second-order valence-electron chi connectivity index (χ2n) is 5.60. The number of anilines is 1. The fourth-order valence-electron chi connectivity index (χ4n) is 2.02. The van der Waals surface area contributed by atoms with E-state index in [9.17, 15) is 13.5 Å². The quantitative estimate of drug-likeness (QED) is 0.699. The van der Waals surface area contributed by atoms with Crippen LogP contribution >= 0.6 is 11.6 Å². The fourth-order valence-corrected chi connectivity index (χ4v) is 3.57. The van der Waals surface area contributed by atoms with Crippen molar-refractivity contribution in [1.82, 2.24) is 4.72 Å². The topological polar surface area (TPSA) is 92.4 Å². The number of hydrogen-bond donors (Lipinski definition) is 3. The second-order valence-corrected chi connectivity index (χ2v) is 7.77. The molecule has 4 N–H and O–H groups in total. The van der Waals surface area contributed by atoms with Crippen molar-refractivity contribution in [1.29, 1.82) is 0 Å². The number of nitrogens with one attached hydrogen (secondary N) is 1. The molecule has 0 aromatic heterocycles. The molecule has 7 heteroatoms. The first-order valence-electron chi connectivity index (χ1n) is 6.30. The lowest BCUT2D eigenvalue weighted by Crippen LogP contribution is -2.41. The van der Waals surface area contributed by atoms with E-state index in [1.165, 1.54) is 18.2 Å². The molecule has 114 valence electrons.